The van der Waals surface area contributed by atoms with E-state index in [9.17, 15) is 19.7 Å². The summed E-state index contributed by atoms with van der Waals surface area (Å²) in [6.45, 7) is 7.00. The van der Waals surface area contributed by atoms with Crippen LogP contribution in [0.5, 0.6) is 0 Å². The first-order valence-corrected chi connectivity index (χ1v) is 9.32. The maximum absolute atomic E-state index is 12.0. The van der Waals surface area contributed by atoms with Crippen molar-refractivity contribution in [2.75, 3.05) is 31.1 Å². The number of nitrogens with zero attached hydrogens (tertiary/aromatic N) is 2. The summed E-state index contributed by atoms with van der Waals surface area (Å²) in [5.41, 5.74) is 2.55. The minimum atomic E-state index is -0.779. The highest BCUT2D eigenvalue weighted by Crippen LogP contribution is 2.19. The van der Waals surface area contributed by atoms with E-state index < -0.39 is 23.4 Å². The number of carbonyl (C=O) groups excluding carboxylic acids is 2. The number of benzene rings is 2. The smallest absolute Gasteiger partial charge is 0.338 e. The third-order valence-electron chi connectivity index (χ3n) is 4.43. The number of carbonyl (C=O) groups is 2. The second-order valence-corrected chi connectivity index (χ2v) is 6.60. The SMILES string of the molecule is CCN(CCNC(=O)COC(=O)c1ccc(C)c([N+](=O)[O-])c1)c1cccc(C)c1. The number of hydrogen-bond acceptors (Lipinski definition) is 6. The van der Waals surface area contributed by atoms with Crippen molar-refractivity contribution in [3.63, 3.8) is 0 Å². The Hall–Kier alpha value is -3.42. The molecule has 8 heteroatoms. The van der Waals surface area contributed by atoms with Crippen LogP contribution in [-0.2, 0) is 9.53 Å². The molecule has 0 saturated heterocycles. The molecule has 0 saturated carbocycles. The van der Waals surface area contributed by atoms with Crippen LogP contribution in [0, 0.1) is 24.0 Å². The fraction of sp³-hybridized carbons (Fsp3) is 0.333. The summed E-state index contributed by atoms with van der Waals surface area (Å²) in [6.07, 6.45) is 0. The van der Waals surface area contributed by atoms with Crippen LogP contribution in [-0.4, -0.2) is 43.0 Å². The molecule has 0 aliphatic rings. The van der Waals surface area contributed by atoms with Gasteiger partial charge in [-0.05, 0) is 44.5 Å². The van der Waals surface area contributed by atoms with E-state index in [0.717, 1.165) is 23.9 Å². The molecule has 0 bridgehead atoms. The Morgan fingerprint density at radius 1 is 1.17 bits per heavy atom. The number of hydrogen-bond donors (Lipinski definition) is 1. The summed E-state index contributed by atoms with van der Waals surface area (Å²) < 4.78 is 4.96. The van der Waals surface area contributed by atoms with Gasteiger partial charge in [0.1, 0.15) is 0 Å². The van der Waals surface area contributed by atoms with E-state index in [4.69, 9.17) is 4.74 Å². The fourth-order valence-electron chi connectivity index (χ4n) is 2.82. The highest BCUT2D eigenvalue weighted by molar-refractivity contribution is 5.92. The zero-order valence-corrected chi connectivity index (χ0v) is 16.8. The zero-order chi connectivity index (χ0) is 21.4. The first-order valence-electron chi connectivity index (χ1n) is 9.32. The molecular weight excluding hydrogens is 374 g/mol. The highest BCUT2D eigenvalue weighted by Gasteiger charge is 2.17. The first-order chi connectivity index (χ1) is 13.8. The Morgan fingerprint density at radius 3 is 2.59 bits per heavy atom. The zero-order valence-electron chi connectivity index (χ0n) is 16.8. The van der Waals surface area contributed by atoms with Crippen LogP contribution in [0.15, 0.2) is 42.5 Å². The lowest BCUT2D eigenvalue weighted by atomic mass is 10.1. The number of ether oxygens (including phenoxy) is 1. The lowest BCUT2D eigenvalue weighted by Gasteiger charge is -2.23. The predicted molar refractivity (Wildman–Crippen MR) is 110 cm³/mol. The molecule has 2 aromatic carbocycles. The molecule has 1 N–H and O–H groups in total. The Morgan fingerprint density at radius 2 is 1.93 bits per heavy atom. The van der Waals surface area contributed by atoms with Gasteiger partial charge in [-0.25, -0.2) is 4.79 Å². The van der Waals surface area contributed by atoms with Crippen molar-refractivity contribution >= 4 is 23.3 Å². The van der Waals surface area contributed by atoms with Gasteiger partial charge >= 0.3 is 5.97 Å². The molecule has 154 valence electrons. The van der Waals surface area contributed by atoms with Crippen molar-refractivity contribution in [1.82, 2.24) is 5.32 Å². The van der Waals surface area contributed by atoms with Crippen LogP contribution in [0.3, 0.4) is 0 Å². The number of likely N-dealkylation sites (N-methyl/N-ethyl adjacent to an activating group) is 1. The number of esters is 1. The van der Waals surface area contributed by atoms with Crippen molar-refractivity contribution in [1.29, 1.82) is 0 Å². The number of nitro groups is 1. The van der Waals surface area contributed by atoms with Gasteiger partial charge in [-0.1, -0.05) is 18.2 Å². The number of amides is 1. The molecule has 0 fully saturated rings. The van der Waals surface area contributed by atoms with Gasteiger partial charge in [0.15, 0.2) is 6.61 Å². The Kier molecular flexibility index (Phi) is 7.70. The Labute approximate surface area is 169 Å². The van der Waals surface area contributed by atoms with Crippen LogP contribution in [0.4, 0.5) is 11.4 Å². The van der Waals surface area contributed by atoms with Crippen LogP contribution in [0.1, 0.15) is 28.4 Å². The van der Waals surface area contributed by atoms with Gasteiger partial charge in [0.25, 0.3) is 11.6 Å². The van der Waals surface area contributed by atoms with Crippen molar-refractivity contribution in [2.45, 2.75) is 20.8 Å². The van der Waals surface area contributed by atoms with E-state index in [-0.39, 0.29) is 11.3 Å². The van der Waals surface area contributed by atoms with E-state index >= 15 is 0 Å². The minimum Gasteiger partial charge on any atom is -0.452 e. The molecule has 29 heavy (non-hydrogen) atoms. The minimum absolute atomic E-state index is 0.0340. The summed E-state index contributed by atoms with van der Waals surface area (Å²) in [5, 5.41) is 13.7. The summed E-state index contributed by atoms with van der Waals surface area (Å²) in [4.78, 5) is 36.5. The monoisotopic (exact) mass is 399 g/mol. The third-order valence-corrected chi connectivity index (χ3v) is 4.43. The van der Waals surface area contributed by atoms with Crippen LogP contribution in [0.25, 0.3) is 0 Å². The average Bonchev–Trinajstić information content (AvgIpc) is 2.69. The van der Waals surface area contributed by atoms with E-state index in [2.05, 4.69) is 16.3 Å². The van der Waals surface area contributed by atoms with E-state index in [1.165, 1.54) is 12.1 Å². The van der Waals surface area contributed by atoms with Crippen molar-refractivity contribution < 1.29 is 19.2 Å². The number of aryl methyl sites for hydroxylation is 2. The van der Waals surface area contributed by atoms with Crippen LogP contribution < -0.4 is 10.2 Å². The second-order valence-electron chi connectivity index (χ2n) is 6.60. The molecular formula is C21H25N3O5. The molecule has 0 aliphatic carbocycles. The summed E-state index contributed by atoms with van der Waals surface area (Å²) >= 11 is 0. The molecule has 8 nitrogen and oxygen atoms in total. The molecule has 0 atom stereocenters. The van der Waals surface area contributed by atoms with Gasteiger partial charge < -0.3 is 15.0 Å². The van der Waals surface area contributed by atoms with Crippen LogP contribution >= 0.6 is 0 Å². The normalized spacial score (nSPS) is 10.3. The number of anilines is 1. The van der Waals surface area contributed by atoms with E-state index in [0.29, 0.717) is 18.7 Å². The largest absolute Gasteiger partial charge is 0.452 e. The van der Waals surface area contributed by atoms with Gasteiger partial charge in [-0.3, -0.25) is 14.9 Å². The molecule has 0 unspecified atom stereocenters. The maximum atomic E-state index is 12.0. The molecule has 1 amide bonds. The summed E-state index contributed by atoms with van der Waals surface area (Å²) in [7, 11) is 0. The number of nitrogens with one attached hydrogen (secondary N) is 1. The van der Waals surface area contributed by atoms with Gasteiger partial charge in [-0.15, -0.1) is 0 Å². The molecule has 0 aliphatic heterocycles. The van der Waals surface area contributed by atoms with Gasteiger partial charge in [0, 0.05) is 37.0 Å². The molecule has 0 aromatic heterocycles. The van der Waals surface area contributed by atoms with Crippen molar-refractivity contribution in [3.8, 4) is 0 Å². The van der Waals surface area contributed by atoms with E-state index in [1.807, 2.05) is 32.0 Å². The van der Waals surface area contributed by atoms with Gasteiger partial charge in [-0.2, -0.15) is 0 Å². The predicted octanol–water partition coefficient (Wildman–Crippen LogP) is 3.01. The third kappa shape index (κ3) is 6.31. The van der Waals surface area contributed by atoms with Crippen molar-refractivity contribution in [3.05, 3.63) is 69.3 Å². The molecule has 0 spiro atoms. The number of rotatable bonds is 9. The molecule has 0 radical (unpaired) electrons. The maximum Gasteiger partial charge on any atom is 0.338 e. The average molecular weight is 399 g/mol. The standard InChI is InChI=1S/C21H25N3O5/c1-4-23(18-7-5-6-15(2)12-18)11-10-22-20(25)14-29-21(26)17-9-8-16(3)19(13-17)24(27)28/h5-9,12-13H,4,10-11,14H2,1-3H3,(H,22,25). The van der Waals surface area contributed by atoms with Crippen LogP contribution in [0.2, 0.25) is 0 Å². The molecule has 2 rings (SSSR count). The second kappa shape index (κ2) is 10.2. The summed E-state index contributed by atoms with van der Waals surface area (Å²) in [6, 6.07) is 12.2. The highest BCUT2D eigenvalue weighted by atomic mass is 16.6. The topological polar surface area (TPSA) is 102 Å². The number of nitro benzene ring substituents is 1. The lowest BCUT2D eigenvalue weighted by molar-refractivity contribution is -0.385. The van der Waals surface area contributed by atoms with E-state index in [1.54, 1.807) is 6.92 Å². The van der Waals surface area contributed by atoms with Gasteiger partial charge in [0.2, 0.25) is 0 Å². The fourth-order valence-corrected chi connectivity index (χ4v) is 2.82. The van der Waals surface area contributed by atoms with Gasteiger partial charge in [0.05, 0.1) is 10.5 Å². The Balaban J connectivity index is 1.81. The summed E-state index contributed by atoms with van der Waals surface area (Å²) in [5.74, 6) is -1.21. The van der Waals surface area contributed by atoms with Crippen molar-refractivity contribution in [2.24, 2.45) is 0 Å². The Bertz CT molecular complexity index is 898. The quantitative estimate of drug-likeness (QED) is 0.395. The lowest BCUT2D eigenvalue weighted by Crippen LogP contribution is -2.36. The molecule has 0 heterocycles. The molecule has 2 aromatic rings. The first kappa shape index (κ1) is 21.9.